The van der Waals surface area contributed by atoms with Crippen molar-refractivity contribution in [2.75, 3.05) is 13.2 Å². The van der Waals surface area contributed by atoms with Crippen LogP contribution in [0.15, 0.2) is 11.6 Å². The number of hydrogen-bond acceptors (Lipinski definition) is 21. The molecule has 0 spiro atoms. The Bertz CT molecular complexity index is 2110. The molecule has 4 saturated carbocycles. The van der Waals surface area contributed by atoms with Crippen molar-refractivity contribution in [3.8, 4) is 0 Å². The van der Waals surface area contributed by atoms with Gasteiger partial charge in [0.15, 0.2) is 31.1 Å². The van der Waals surface area contributed by atoms with Crippen molar-refractivity contribution in [3.05, 3.63) is 11.6 Å². The number of carboxylic acid groups (broad SMARTS) is 1. The third kappa shape index (κ3) is 8.94. The van der Waals surface area contributed by atoms with Crippen LogP contribution >= 0.6 is 0 Å². The molecule has 22 nitrogen and oxygen atoms in total. The van der Waals surface area contributed by atoms with Crippen molar-refractivity contribution in [1.82, 2.24) is 0 Å². The highest BCUT2D eigenvalue weighted by Gasteiger charge is 2.72. The van der Waals surface area contributed by atoms with E-state index in [0.29, 0.717) is 32.1 Å². The van der Waals surface area contributed by atoms with E-state index in [1.807, 2.05) is 0 Å². The first kappa shape index (κ1) is 56.7. The molecule has 5 aliphatic carbocycles. The van der Waals surface area contributed by atoms with Gasteiger partial charge in [-0.1, -0.05) is 60.1 Å². The molecule has 74 heavy (non-hydrogen) atoms. The Balaban J connectivity index is 0.944. The minimum absolute atomic E-state index is 0.0880. The van der Waals surface area contributed by atoms with E-state index < -0.39 is 164 Å². The Kier molecular flexibility index (Phi) is 15.3. The summed E-state index contributed by atoms with van der Waals surface area (Å²) in [5.74, 6) is -2.53. The number of aliphatic hydroxyl groups excluding tert-OH is 11. The van der Waals surface area contributed by atoms with E-state index in [4.69, 9.17) is 37.9 Å². The second-order valence-corrected chi connectivity index (χ2v) is 25.5. The maximum absolute atomic E-state index is 15.3. The summed E-state index contributed by atoms with van der Waals surface area (Å²) in [6, 6.07) is 0. The standard InChI is InChI=1S/C52H82O22/c1-21-38(71-42-35(61)30(56)24(53)19-67-42)34(60)37(63)43(69-21)73-40-31(57)25(54)20-68-45(40)74-46(66)52-16-15-47(2,3)17-23(52)22-9-10-27-49(6)13-12-29(70-44-36(62)32(58)33(59)39(72-44)41(64)65)48(4,5)26(49)11-14-50(27,7)51(22,8)18-28(52)55/h9,21,23-40,42-45,53-63H,10-20H2,1-8H3,(H,64,65)/t21-,23-,24+,25-,26-,27+,28+,29-,30-,31-,32-,33-,34-,35+,36+,37+,38-,39-,40+,42-,43+,44+,45+,49-,50+,51+,52+/m0/s1. The van der Waals surface area contributed by atoms with E-state index >= 15 is 4.79 Å². The lowest BCUT2D eigenvalue weighted by Gasteiger charge is -2.71. The topological polar surface area (TPSA) is 351 Å². The third-order valence-corrected chi connectivity index (χ3v) is 20.6. The molecule has 9 rings (SSSR count). The van der Waals surface area contributed by atoms with Crippen LogP contribution in [-0.4, -0.2) is 209 Å². The van der Waals surface area contributed by atoms with Crippen LogP contribution in [0, 0.1) is 50.2 Å². The van der Waals surface area contributed by atoms with Crippen LogP contribution in [0.3, 0.4) is 0 Å². The first-order valence-corrected chi connectivity index (χ1v) is 26.6. The summed E-state index contributed by atoms with van der Waals surface area (Å²) in [7, 11) is 0. The Morgan fingerprint density at radius 3 is 1.89 bits per heavy atom. The summed E-state index contributed by atoms with van der Waals surface area (Å²) in [4.78, 5) is 27.2. The normalized spacial score (nSPS) is 54.0. The Hall–Kier alpha value is -2.04. The van der Waals surface area contributed by atoms with Crippen molar-refractivity contribution in [2.45, 2.75) is 236 Å². The zero-order chi connectivity index (χ0) is 54.2. The van der Waals surface area contributed by atoms with E-state index in [0.717, 1.165) is 18.4 Å². The molecule has 0 aromatic carbocycles. The molecule has 8 fully saturated rings. The van der Waals surface area contributed by atoms with Crippen LogP contribution in [0.2, 0.25) is 0 Å². The molecule has 0 radical (unpaired) electrons. The summed E-state index contributed by atoms with van der Waals surface area (Å²) >= 11 is 0. The fraction of sp³-hybridized carbons (Fsp3) is 0.923. The highest BCUT2D eigenvalue weighted by Crippen LogP contribution is 2.76. The summed E-state index contributed by atoms with van der Waals surface area (Å²) in [5, 5.41) is 130. The first-order valence-electron chi connectivity index (χ1n) is 26.6. The Morgan fingerprint density at radius 1 is 0.608 bits per heavy atom. The molecule has 0 amide bonds. The molecule has 22 heteroatoms. The van der Waals surface area contributed by atoms with Crippen molar-refractivity contribution in [1.29, 1.82) is 0 Å². The molecule has 0 aromatic heterocycles. The molecule has 12 N–H and O–H groups in total. The first-order chi connectivity index (χ1) is 34.4. The molecule has 0 aromatic rings. The molecule has 27 atom stereocenters. The quantitative estimate of drug-likeness (QED) is 0.0774. The number of esters is 1. The maximum Gasteiger partial charge on any atom is 0.335 e. The van der Waals surface area contributed by atoms with Crippen LogP contribution in [0.25, 0.3) is 0 Å². The predicted octanol–water partition coefficient (Wildman–Crippen LogP) is -0.666. The van der Waals surface area contributed by atoms with Gasteiger partial charge in [-0.3, -0.25) is 4.79 Å². The number of rotatable bonds is 9. The van der Waals surface area contributed by atoms with E-state index in [-0.39, 0.29) is 47.5 Å². The lowest BCUT2D eigenvalue weighted by molar-refractivity contribution is -0.369. The number of carbonyl (C=O) groups is 2. The van der Waals surface area contributed by atoms with Crippen LogP contribution in [-0.2, 0) is 47.5 Å². The third-order valence-electron chi connectivity index (χ3n) is 20.6. The number of aliphatic hydroxyl groups is 11. The highest BCUT2D eigenvalue weighted by atomic mass is 16.8. The van der Waals surface area contributed by atoms with E-state index in [1.165, 1.54) is 6.92 Å². The van der Waals surface area contributed by atoms with Gasteiger partial charge in [0, 0.05) is 0 Å². The summed E-state index contributed by atoms with van der Waals surface area (Å²) in [6.07, 6.45) is -23.4. The number of hydrogen-bond donors (Lipinski definition) is 12. The number of aliphatic carboxylic acids is 1. The molecule has 4 heterocycles. The molecule has 9 aliphatic rings. The van der Waals surface area contributed by atoms with Gasteiger partial charge in [-0.15, -0.1) is 0 Å². The smallest absolute Gasteiger partial charge is 0.335 e. The highest BCUT2D eigenvalue weighted by molar-refractivity contribution is 5.80. The van der Waals surface area contributed by atoms with Gasteiger partial charge in [0.25, 0.3) is 0 Å². The number of allylic oxidation sites excluding steroid dienone is 2. The van der Waals surface area contributed by atoms with Gasteiger partial charge in [0.05, 0.1) is 31.5 Å². The molecular weight excluding hydrogens is 977 g/mol. The predicted molar refractivity (Wildman–Crippen MR) is 251 cm³/mol. The summed E-state index contributed by atoms with van der Waals surface area (Å²) in [6.45, 7) is 16.0. The van der Waals surface area contributed by atoms with E-state index in [9.17, 15) is 66.1 Å². The Labute approximate surface area is 430 Å². The van der Waals surface area contributed by atoms with Gasteiger partial charge in [0.1, 0.15) is 72.6 Å². The van der Waals surface area contributed by atoms with Crippen molar-refractivity contribution in [3.63, 3.8) is 0 Å². The average molecular weight is 1060 g/mol. The Morgan fingerprint density at radius 2 is 1.22 bits per heavy atom. The van der Waals surface area contributed by atoms with Crippen LogP contribution < -0.4 is 0 Å². The fourth-order valence-electron chi connectivity index (χ4n) is 16.0. The zero-order valence-corrected chi connectivity index (χ0v) is 43.6. The van der Waals surface area contributed by atoms with E-state index in [2.05, 4.69) is 54.5 Å². The fourth-order valence-corrected chi connectivity index (χ4v) is 16.0. The summed E-state index contributed by atoms with van der Waals surface area (Å²) < 4.78 is 47.1. The largest absolute Gasteiger partial charge is 0.479 e. The van der Waals surface area contributed by atoms with Gasteiger partial charge >= 0.3 is 11.9 Å². The summed E-state index contributed by atoms with van der Waals surface area (Å²) in [5.41, 5.74) is -2.35. The second-order valence-electron chi connectivity index (χ2n) is 25.5. The van der Waals surface area contributed by atoms with Gasteiger partial charge < -0.3 is 99.2 Å². The van der Waals surface area contributed by atoms with Crippen molar-refractivity contribution < 1.29 is 109 Å². The molecular formula is C52H82O22. The van der Waals surface area contributed by atoms with Crippen molar-refractivity contribution in [2.24, 2.45) is 50.2 Å². The van der Waals surface area contributed by atoms with E-state index in [1.54, 1.807) is 0 Å². The maximum atomic E-state index is 15.3. The molecule has 4 saturated heterocycles. The lowest BCUT2D eigenvalue weighted by Crippen LogP contribution is -2.68. The van der Waals surface area contributed by atoms with Gasteiger partial charge in [-0.05, 0) is 110 Å². The average Bonchev–Trinajstić information content (AvgIpc) is 3.32. The number of carbonyl (C=O) groups excluding carboxylic acids is 1. The number of fused-ring (bicyclic) bond motifs is 7. The van der Waals surface area contributed by atoms with Crippen molar-refractivity contribution >= 4 is 11.9 Å². The zero-order valence-electron chi connectivity index (χ0n) is 43.6. The monoisotopic (exact) mass is 1060 g/mol. The van der Waals surface area contributed by atoms with Gasteiger partial charge in [-0.2, -0.15) is 0 Å². The van der Waals surface area contributed by atoms with Gasteiger partial charge in [-0.25, -0.2) is 4.79 Å². The second kappa shape index (κ2) is 19.9. The van der Waals surface area contributed by atoms with Crippen LogP contribution in [0.4, 0.5) is 0 Å². The van der Waals surface area contributed by atoms with Gasteiger partial charge in [0.2, 0.25) is 6.29 Å². The number of ether oxygens (including phenoxy) is 8. The van der Waals surface area contributed by atoms with Crippen LogP contribution in [0.1, 0.15) is 113 Å². The lowest BCUT2D eigenvalue weighted by atomic mass is 9.33. The minimum Gasteiger partial charge on any atom is -0.479 e. The molecule has 0 bridgehead atoms. The number of carboxylic acids is 1. The molecule has 422 valence electrons. The minimum atomic E-state index is -1.88. The van der Waals surface area contributed by atoms with Crippen LogP contribution in [0.5, 0.6) is 0 Å². The SMILES string of the molecule is C[C@@H]1O[C@H](O[C@H]2[C@@H](OC(=O)[C@]34CCC(C)(C)C[C@H]3C3=CC[C@@H]5[C@@]6(C)CC[C@H](O[C@@H]7O[C@H](C(=O)O)[C@@H](O)[C@H](O)[C@H]7O)C(C)(C)[C@@H]6CC[C@@]5(C)[C@]3(C)C[C@H]4O)OC[C@H](O)[C@@H]2O)[C@H](O)[C@H](O)[C@H]1O[C@@H]1OC[C@@H](O)[C@H](O)[C@H]1O. The molecule has 0 unspecified atom stereocenters. The molecule has 4 aliphatic heterocycles.